The van der Waals surface area contributed by atoms with Crippen LogP contribution < -0.4 is 0 Å². The summed E-state index contributed by atoms with van der Waals surface area (Å²) in [7, 11) is 1.79. The Labute approximate surface area is 87.9 Å². The number of hydrogen-bond acceptors (Lipinski definition) is 2. The zero-order valence-corrected chi connectivity index (χ0v) is 11.4. The third kappa shape index (κ3) is 5.03. The molecule has 0 aromatic carbocycles. The van der Waals surface area contributed by atoms with Gasteiger partial charge in [0.1, 0.15) is 0 Å². The maximum Gasteiger partial charge on any atom is 0.366 e. The molecule has 0 radical (unpaired) electrons. The van der Waals surface area contributed by atoms with Crippen molar-refractivity contribution in [3.8, 4) is 0 Å². The van der Waals surface area contributed by atoms with Gasteiger partial charge in [-0.3, -0.25) is 0 Å². The Balaban J connectivity index is 4.28. The van der Waals surface area contributed by atoms with Gasteiger partial charge in [-0.2, -0.15) is 0 Å². The second kappa shape index (κ2) is 5.36. The van der Waals surface area contributed by atoms with Gasteiger partial charge in [-0.25, -0.2) is 0 Å². The quantitative estimate of drug-likeness (QED) is 0.647. The summed E-state index contributed by atoms with van der Waals surface area (Å²) in [5.74, 6) is 4.74. The highest BCUT2D eigenvalue weighted by atomic mass is 27.2. The minimum absolute atomic E-state index is 0.285. The topological polar surface area (TPSA) is 12.5 Å². The Morgan fingerprint density at radius 3 is 2.00 bits per heavy atom. The molecule has 0 aliphatic heterocycles. The monoisotopic (exact) mass is 201 g/mol. The molecule has 0 saturated carbocycles. The summed E-state index contributed by atoms with van der Waals surface area (Å²) in [6.45, 7) is 10.0. The molecule has 0 aromatic rings. The van der Waals surface area contributed by atoms with E-state index >= 15 is 0 Å². The van der Waals surface area contributed by atoms with Crippen molar-refractivity contribution in [3.63, 3.8) is 0 Å². The minimum Gasteiger partial charge on any atom is -0.380 e. The maximum absolute atomic E-state index is 5.31. The highest BCUT2D eigenvalue weighted by Gasteiger charge is 2.27. The van der Waals surface area contributed by atoms with Gasteiger partial charge in [0, 0.05) is 13.7 Å². The van der Waals surface area contributed by atoms with Crippen molar-refractivity contribution in [3.05, 3.63) is 0 Å². The molecule has 0 aliphatic carbocycles. The molecule has 78 valence electrons. The number of hydrogen-bond donors (Lipinski definition) is 0. The predicted octanol–water partition coefficient (Wildman–Crippen LogP) is 2.37. The van der Waals surface area contributed by atoms with Crippen LogP contribution in [-0.2, 0) is 4.74 Å². The van der Waals surface area contributed by atoms with Crippen LogP contribution in [-0.4, -0.2) is 43.6 Å². The summed E-state index contributed by atoms with van der Waals surface area (Å²) in [5, 5.41) is 0. The molecule has 2 nitrogen and oxygen atoms in total. The first-order valence-corrected chi connectivity index (χ1v) is 7.91. The lowest BCUT2D eigenvalue weighted by Crippen LogP contribution is -2.51. The molecule has 0 fully saturated rings. The van der Waals surface area contributed by atoms with Gasteiger partial charge in [0.2, 0.25) is 0 Å². The number of nitrogens with zero attached hydrogens (tertiary/aromatic N) is 1. The first kappa shape index (κ1) is 13.5. The highest BCUT2D eigenvalue weighted by Crippen LogP contribution is 2.16. The van der Waals surface area contributed by atoms with Crippen LogP contribution in [0, 0.1) is 0 Å². The van der Waals surface area contributed by atoms with E-state index in [0.717, 1.165) is 6.54 Å². The summed E-state index contributed by atoms with van der Waals surface area (Å²) >= 11 is -0.727. The van der Waals surface area contributed by atoms with Crippen molar-refractivity contribution < 1.29 is 4.74 Å². The van der Waals surface area contributed by atoms with Gasteiger partial charge in [0.05, 0.1) is 6.10 Å². The summed E-state index contributed by atoms with van der Waals surface area (Å²) in [6, 6.07) is 0. The van der Waals surface area contributed by atoms with E-state index < -0.39 is 14.4 Å². The molecule has 1 unspecified atom stereocenters. The summed E-state index contributed by atoms with van der Waals surface area (Å²) < 4.78 is 7.90. The van der Waals surface area contributed by atoms with Gasteiger partial charge in [0.15, 0.2) is 0 Å². The molecule has 0 aliphatic rings. The lowest BCUT2D eigenvalue weighted by atomic mass is 10.1. The lowest BCUT2D eigenvalue weighted by Gasteiger charge is -2.39. The average molecular weight is 201 g/mol. The van der Waals surface area contributed by atoms with Crippen molar-refractivity contribution in [1.29, 1.82) is 0 Å². The molecule has 0 heterocycles. The van der Waals surface area contributed by atoms with Crippen LogP contribution in [0.3, 0.4) is 0 Å². The first-order valence-electron chi connectivity index (χ1n) is 5.08. The fourth-order valence-electron chi connectivity index (χ4n) is 1.61. The van der Waals surface area contributed by atoms with Gasteiger partial charge in [0.25, 0.3) is 0 Å². The molecule has 13 heavy (non-hydrogen) atoms. The molecule has 0 aromatic heterocycles. The molecule has 0 rings (SSSR count). The van der Waals surface area contributed by atoms with Gasteiger partial charge in [-0.05, 0) is 33.2 Å². The van der Waals surface area contributed by atoms with Gasteiger partial charge in [-0.1, -0.05) is 11.6 Å². The molecule has 3 heteroatoms. The van der Waals surface area contributed by atoms with Crippen LogP contribution >= 0.6 is 0 Å². The van der Waals surface area contributed by atoms with Crippen LogP contribution in [0.2, 0.25) is 11.6 Å². The van der Waals surface area contributed by atoms with Gasteiger partial charge < -0.3 is 8.62 Å². The van der Waals surface area contributed by atoms with Crippen LogP contribution in [0.4, 0.5) is 0 Å². The van der Waals surface area contributed by atoms with E-state index in [0.29, 0.717) is 6.10 Å². The molecule has 1 atom stereocenters. The molecule has 0 spiro atoms. The van der Waals surface area contributed by atoms with E-state index in [2.05, 4.69) is 43.1 Å². The van der Waals surface area contributed by atoms with Gasteiger partial charge >= 0.3 is 14.4 Å². The third-order valence-electron chi connectivity index (χ3n) is 2.34. The van der Waals surface area contributed by atoms with E-state index in [1.54, 1.807) is 7.11 Å². The second-order valence-corrected chi connectivity index (χ2v) is 7.77. The molecule has 0 N–H and O–H groups in total. The van der Waals surface area contributed by atoms with Crippen LogP contribution in [0.1, 0.15) is 27.7 Å². The zero-order valence-electron chi connectivity index (χ0n) is 10.2. The number of methoxy groups -OCH3 is 1. The zero-order chi connectivity index (χ0) is 10.6. The Kier molecular flexibility index (Phi) is 5.55. The molecule has 0 saturated heterocycles. The molecular weight excluding hydrogens is 177 g/mol. The van der Waals surface area contributed by atoms with E-state index in [9.17, 15) is 0 Å². The van der Waals surface area contributed by atoms with Crippen LogP contribution in [0.5, 0.6) is 0 Å². The first-order chi connectivity index (χ1) is 5.79. The predicted molar refractivity (Wildman–Crippen MR) is 60.4 cm³/mol. The molecule has 0 amide bonds. The minimum atomic E-state index is -0.727. The fraction of sp³-hybridized carbons (Fsp3) is 1.00. The Morgan fingerprint density at radius 2 is 1.77 bits per heavy atom. The normalized spacial score (nSPS) is 14.8. The lowest BCUT2D eigenvalue weighted by molar-refractivity contribution is 0.0779. The van der Waals surface area contributed by atoms with Crippen LogP contribution in [0.25, 0.3) is 0 Å². The van der Waals surface area contributed by atoms with Gasteiger partial charge in [-0.15, -0.1) is 0 Å². The van der Waals surface area contributed by atoms with E-state index in [4.69, 9.17) is 4.74 Å². The van der Waals surface area contributed by atoms with E-state index in [1.807, 2.05) is 0 Å². The molecular formula is C10H24AlNO. The smallest absolute Gasteiger partial charge is 0.366 e. The largest absolute Gasteiger partial charge is 0.380 e. The average Bonchev–Trinajstić information content (AvgIpc) is 1.96. The van der Waals surface area contributed by atoms with Crippen LogP contribution in [0.15, 0.2) is 0 Å². The van der Waals surface area contributed by atoms with Crippen molar-refractivity contribution >= 4 is 14.4 Å². The number of ether oxygens (including phenoxy) is 1. The maximum atomic E-state index is 5.31. The highest BCUT2D eigenvalue weighted by molar-refractivity contribution is 6.52. The Hall–Kier alpha value is 0.452. The van der Waals surface area contributed by atoms with Crippen molar-refractivity contribution in [2.45, 2.75) is 50.9 Å². The third-order valence-corrected chi connectivity index (χ3v) is 4.57. The molecule has 0 bridgehead atoms. The SMILES string of the molecule is COC(C)C[N]([Al]([CH3])[CH3])C(C)(C)C. The Morgan fingerprint density at radius 1 is 1.31 bits per heavy atom. The Bertz CT molecular complexity index is 142. The van der Waals surface area contributed by atoms with Crippen molar-refractivity contribution in [2.24, 2.45) is 0 Å². The number of rotatable bonds is 4. The van der Waals surface area contributed by atoms with Crippen molar-refractivity contribution in [1.82, 2.24) is 3.88 Å². The van der Waals surface area contributed by atoms with E-state index in [-0.39, 0.29) is 5.54 Å². The second-order valence-electron chi connectivity index (χ2n) is 4.96. The van der Waals surface area contributed by atoms with Crippen molar-refractivity contribution in [2.75, 3.05) is 13.7 Å². The summed E-state index contributed by atoms with van der Waals surface area (Å²) in [6.07, 6.45) is 0.342. The fourth-order valence-corrected chi connectivity index (χ4v) is 3.88. The standard InChI is InChI=1S/C8H18NO.2CH3.Al/c1-7(10-5)6-9-8(2,3)4;;;/h7H,6H2,1-5H3;2*1H3;/q-1;;;+1. The summed E-state index contributed by atoms with van der Waals surface area (Å²) in [4.78, 5) is 0. The van der Waals surface area contributed by atoms with E-state index in [1.165, 1.54) is 0 Å². The summed E-state index contributed by atoms with van der Waals surface area (Å²) in [5.41, 5.74) is 0.285.